The van der Waals surface area contributed by atoms with E-state index in [0.29, 0.717) is 22.7 Å². The first-order valence-electron chi connectivity index (χ1n) is 11.4. The number of carbonyl (C=O) groups excluding carboxylic acids is 1. The predicted molar refractivity (Wildman–Crippen MR) is 144 cm³/mol. The van der Waals surface area contributed by atoms with Crippen molar-refractivity contribution in [1.29, 1.82) is 0 Å². The number of aromatic carboxylic acids is 2. The number of carboxylic acids is 2. The average molecular weight is 563 g/mol. The molecule has 41 heavy (non-hydrogen) atoms. The standard InChI is InChI=1S/C27H20N6O7.Na/c34-23-11-9-19(13-21(23)25(36)37)32-30-17-5-1-15(2-6-17)28-27(40)29-16-3-7-18(8-4-16)31-33-20-10-12-24(35)22(14-20)26(38)39;/h1-14,34-35H,(H,36,37)(H,38,39)(H2,28,29,40);/q;+1. The summed E-state index contributed by atoms with van der Waals surface area (Å²) < 4.78 is 0. The van der Waals surface area contributed by atoms with Gasteiger partial charge in [-0.15, -0.1) is 0 Å². The van der Waals surface area contributed by atoms with Crippen LogP contribution in [0.15, 0.2) is 105 Å². The molecule has 0 aliphatic carbocycles. The van der Waals surface area contributed by atoms with Crippen LogP contribution in [0.1, 0.15) is 20.7 Å². The van der Waals surface area contributed by atoms with Crippen LogP contribution >= 0.6 is 0 Å². The van der Waals surface area contributed by atoms with Crippen LogP contribution in [-0.2, 0) is 0 Å². The van der Waals surface area contributed by atoms with E-state index in [-0.39, 0.29) is 63.6 Å². The maximum Gasteiger partial charge on any atom is 1.00 e. The second-order valence-electron chi connectivity index (χ2n) is 8.09. The normalized spacial score (nSPS) is 10.7. The molecular formula is C27H20N6NaO7+. The number of carboxylic acid groups (broad SMARTS) is 2. The molecule has 2 amide bonds. The number of nitrogens with zero attached hydrogens (tertiary/aromatic N) is 4. The van der Waals surface area contributed by atoms with E-state index in [0.717, 1.165) is 0 Å². The van der Waals surface area contributed by atoms with Crippen molar-refractivity contribution in [2.45, 2.75) is 0 Å². The van der Waals surface area contributed by atoms with Gasteiger partial charge in [0.05, 0.1) is 22.7 Å². The van der Waals surface area contributed by atoms with Gasteiger partial charge in [0.1, 0.15) is 22.6 Å². The van der Waals surface area contributed by atoms with E-state index in [4.69, 9.17) is 10.2 Å². The number of benzene rings is 4. The molecule has 0 bridgehead atoms. The van der Waals surface area contributed by atoms with Gasteiger partial charge in [-0.3, -0.25) is 0 Å². The molecule has 6 N–H and O–H groups in total. The Hall–Kier alpha value is -5.11. The molecule has 13 nitrogen and oxygen atoms in total. The van der Waals surface area contributed by atoms with Crippen LogP contribution in [0.4, 0.5) is 38.9 Å². The van der Waals surface area contributed by atoms with E-state index in [2.05, 4.69) is 31.1 Å². The van der Waals surface area contributed by atoms with Gasteiger partial charge in [-0.25, -0.2) is 14.4 Å². The maximum absolute atomic E-state index is 12.4. The third-order valence-corrected chi connectivity index (χ3v) is 5.23. The summed E-state index contributed by atoms with van der Waals surface area (Å²) in [4.78, 5) is 34.6. The molecule has 0 atom stereocenters. The second kappa shape index (κ2) is 13.8. The van der Waals surface area contributed by atoms with Crippen molar-refractivity contribution in [3.8, 4) is 11.5 Å². The number of amides is 2. The van der Waals surface area contributed by atoms with Crippen molar-refractivity contribution < 1.29 is 64.4 Å². The summed E-state index contributed by atoms with van der Waals surface area (Å²) in [5.74, 6) is -3.31. The third kappa shape index (κ3) is 8.44. The van der Waals surface area contributed by atoms with Gasteiger partial charge in [0.2, 0.25) is 0 Å². The minimum atomic E-state index is -1.28. The Balaban J connectivity index is 0.00000462. The number of phenols is 2. The van der Waals surface area contributed by atoms with E-state index >= 15 is 0 Å². The number of hydrogen-bond donors (Lipinski definition) is 6. The van der Waals surface area contributed by atoms with E-state index in [1.165, 1.54) is 36.4 Å². The average Bonchev–Trinajstić information content (AvgIpc) is 2.93. The molecule has 200 valence electrons. The summed E-state index contributed by atoms with van der Waals surface area (Å²) in [5, 5.41) is 58.6. The van der Waals surface area contributed by atoms with Crippen molar-refractivity contribution in [2.75, 3.05) is 10.6 Å². The fourth-order valence-corrected chi connectivity index (χ4v) is 3.26. The Kier molecular flexibility index (Phi) is 10.2. The predicted octanol–water partition coefficient (Wildman–Crippen LogP) is 3.97. The first kappa shape index (κ1) is 30.4. The number of nitrogens with one attached hydrogen (secondary N) is 2. The van der Waals surface area contributed by atoms with Crippen LogP contribution in [0.5, 0.6) is 11.5 Å². The van der Waals surface area contributed by atoms with Crippen molar-refractivity contribution >= 4 is 52.1 Å². The van der Waals surface area contributed by atoms with Gasteiger partial charge in [0, 0.05) is 11.4 Å². The van der Waals surface area contributed by atoms with Crippen LogP contribution in [0.25, 0.3) is 0 Å². The van der Waals surface area contributed by atoms with Crippen molar-refractivity contribution in [3.63, 3.8) is 0 Å². The monoisotopic (exact) mass is 563 g/mol. The maximum atomic E-state index is 12.4. The van der Waals surface area contributed by atoms with Crippen LogP contribution < -0.4 is 40.2 Å². The third-order valence-electron chi connectivity index (χ3n) is 5.23. The van der Waals surface area contributed by atoms with Crippen LogP contribution in [0.3, 0.4) is 0 Å². The number of rotatable bonds is 8. The minimum absolute atomic E-state index is 0. The first-order chi connectivity index (χ1) is 19.2. The summed E-state index contributed by atoms with van der Waals surface area (Å²) in [5.41, 5.74) is 1.79. The van der Waals surface area contributed by atoms with E-state index < -0.39 is 18.0 Å². The first-order valence-corrected chi connectivity index (χ1v) is 11.4. The second-order valence-corrected chi connectivity index (χ2v) is 8.09. The van der Waals surface area contributed by atoms with E-state index in [9.17, 15) is 24.6 Å². The molecule has 0 heterocycles. The van der Waals surface area contributed by atoms with E-state index in [1.54, 1.807) is 48.5 Å². The van der Waals surface area contributed by atoms with Crippen LogP contribution in [-0.4, -0.2) is 38.4 Å². The molecule has 0 aliphatic rings. The molecular weight excluding hydrogens is 543 g/mol. The zero-order valence-corrected chi connectivity index (χ0v) is 23.4. The zero-order valence-electron chi connectivity index (χ0n) is 21.4. The molecule has 14 heteroatoms. The van der Waals surface area contributed by atoms with Crippen molar-refractivity contribution in [3.05, 3.63) is 96.1 Å². The molecule has 0 radical (unpaired) electrons. The fraction of sp³-hybridized carbons (Fsp3) is 0. The fourth-order valence-electron chi connectivity index (χ4n) is 3.26. The minimum Gasteiger partial charge on any atom is -0.507 e. The molecule has 0 spiro atoms. The molecule has 4 aromatic rings. The molecule has 4 rings (SSSR count). The van der Waals surface area contributed by atoms with Crippen LogP contribution in [0.2, 0.25) is 0 Å². The van der Waals surface area contributed by atoms with Gasteiger partial charge in [-0.1, -0.05) is 0 Å². The van der Waals surface area contributed by atoms with Crippen molar-refractivity contribution in [1.82, 2.24) is 0 Å². The number of carbonyl (C=O) groups is 3. The molecule has 0 unspecified atom stereocenters. The molecule has 0 aromatic heterocycles. The quantitative estimate of drug-likeness (QED) is 0.137. The molecule has 0 fully saturated rings. The SMILES string of the molecule is O=C(Nc1ccc(N=Nc2ccc(O)c(C(=O)O)c2)cc1)Nc1ccc(N=Nc2ccc(O)c(C(=O)O)c2)cc1.[Na+]. The number of hydrogen-bond acceptors (Lipinski definition) is 9. The van der Waals surface area contributed by atoms with Gasteiger partial charge in [0.15, 0.2) is 0 Å². The summed E-state index contributed by atoms with van der Waals surface area (Å²) in [6, 6.07) is 20.0. The topological polar surface area (TPSA) is 206 Å². The molecule has 0 saturated carbocycles. The molecule has 0 aliphatic heterocycles. The Morgan fingerprint density at radius 2 is 0.829 bits per heavy atom. The Morgan fingerprint density at radius 1 is 0.512 bits per heavy atom. The van der Waals surface area contributed by atoms with Gasteiger partial charge in [0.25, 0.3) is 0 Å². The smallest absolute Gasteiger partial charge is 0.507 e. The largest absolute Gasteiger partial charge is 1.00 e. The van der Waals surface area contributed by atoms with E-state index in [1.807, 2.05) is 0 Å². The number of azo groups is 2. The van der Waals surface area contributed by atoms with Crippen LogP contribution in [0, 0.1) is 0 Å². The number of aromatic hydroxyl groups is 2. The van der Waals surface area contributed by atoms with Crippen molar-refractivity contribution in [2.24, 2.45) is 20.5 Å². The summed E-state index contributed by atoms with van der Waals surface area (Å²) in [7, 11) is 0. The van der Waals surface area contributed by atoms with Gasteiger partial charge in [-0.05, 0) is 84.9 Å². The Bertz CT molecular complexity index is 1520. The Morgan fingerprint density at radius 3 is 1.17 bits per heavy atom. The summed E-state index contributed by atoms with van der Waals surface area (Å²) in [6.45, 7) is 0. The molecule has 4 aromatic carbocycles. The zero-order chi connectivity index (χ0) is 28.6. The Labute approximate surface area is 254 Å². The number of urea groups is 1. The van der Waals surface area contributed by atoms with Gasteiger partial charge >= 0.3 is 47.5 Å². The molecule has 0 saturated heterocycles. The van der Waals surface area contributed by atoms with Gasteiger partial charge in [-0.2, -0.15) is 20.5 Å². The summed E-state index contributed by atoms with van der Waals surface area (Å²) >= 11 is 0. The number of anilines is 2. The van der Waals surface area contributed by atoms with Gasteiger partial charge < -0.3 is 31.1 Å². The summed E-state index contributed by atoms with van der Waals surface area (Å²) in [6.07, 6.45) is 0.